The van der Waals surface area contributed by atoms with E-state index in [4.69, 9.17) is 9.47 Å². The Morgan fingerprint density at radius 1 is 1.26 bits per heavy atom. The molecule has 8 heteroatoms. The molecule has 5 nitrogen and oxygen atoms in total. The van der Waals surface area contributed by atoms with Crippen LogP contribution in [0, 0.1) is 0 Å². The lowest BCUT2D eigenvalue weighted by atomic mass is 10.1. The number of methoxy groups -OCH3 is 1. The Kier molecular flexibility index (Phi) is 5.53. The van der Waals surface area contributed by atoms with Crippen molar-refractivity contribution in [1.82, 2.24) is 9.88 Å². The van der Waals surface area contributed by atoms with E-state index in [-0.39, 0.29) is 24.3 Å². The highest BCUT2D eigenvalue weighted by Crippen LogP contribution is 2.31. The van der Waals surface area contributed by atoms with Crippen molar-refractivity contribution in [3.05, 3.63) is 53.7 Å². The molecule has 1 saturated heterocycles. The maximum Gasteiger partial charge on any atom is 0.416 e. The van der Waals surface area contributed by atoms with E-state index < -0.39 is 11.7 Å². The zero-order valence-corrected chi connectivity index (χ0v) is 14.7. The largest absolute Gasteiger partial charge is 0.497 e. The van der Waals surface area contributed by atoms with Crippen LogP contribution < -0.4 is 9.47 Å². The van der Waals surface area contributed by atoms with Crippen LogP contribution in [0.25, 0.3) is 0 Å². The van der Waals surface area contributed by atoms with Gasteiger partial charge in [0.1, 0.15) is 11.9 Å². The summed E-state index contributed by atoms with van der Waals surface area (Å²) in [5.74, 6) is 0.581. The van der Waals surface area contributed by atoms with Crippen LogP contribution in [-0.2, 0) is 17.4 Å². The van der Waals surface area contributed by atoms with Gasteiger partial charge in [-0.25, -0.2) is 4.98 Å². The van der Waals surface area contributed by atoms with Crippen molar-refractivity contribution in [2.75, 3.05) is 20.2 Å². The minimum absolute atomic E-state index is 0.0525. The van der Waals surface area contributed by atoms with Gasteiger partial charge in [-0.05, 0) is 23.8 Å². The van der Waals surface area contributed by atoms with Gasteiger partial charge in [0, 0.05) is 25.2 Å². The van der Waals surface area contributed by atoms with Crippen molar-refractivity contribution in [3.63, 3.8) is 0 Å². The van der Waals surface area contributed by atoms with Crippen LogP contribution in [0.15, 0.2) is 42.6 Å². The van der Waals surface area contributed by atoms with Crippen molar-refractivity contribution in [3.8, 4) is 11.6 Å². The van der Waals surface area contributed by atoms with Crippen LogP contribution in [0.2, 0.25) is 0 Å². The van der Waals surface area contributed by atoms with E-state index in [0.29, 0.717) is 19.5 Å². The summed E-state index contributed by atoms with van der Waals surface area (Å²) in [6.07, 6.45) is -2.96. The highest BCUT2D eigenvalue weighted by atomic mass is 19.4. The van der Waals surface area contributed by atoms with Gasteiger partial charge in [-0.3, -0.25) is 4.79 Å². The number of carbonyl (C=O) groups excluding carboxylic acids is 1. The van der Waals surface area contributed by atoms with Gasteiger partial charge in [-0.2, -0.15) is 13.2 Å². The predicted molar refractivity (Wildman–Crippen MR) is 91.6 cm³/mol. The van der Waals surface area contributed by atoms with Gasteiger partial charge in [0.25, 0.3) is 0 Å². The third-order valence-electron chi connectivity index (χ3n) is 4.36. The molecule has 0 saturated carbocycles. The molecule has 1 atom stereocenters. The van der Waals surface area contributed by atoms with Gasteiger partial charge >= 0.3 is 6.18 Å². The number of aromatic nitrogens is 1. The maximum atomic E-state index is 12.8. The second kappa shape index (κ2) is 7.85. The van der Waals surface area contributed by atoms with E-state index in [1.807, 2.05) is 12.1 Å². The van der Waals surface area contributed by atoms with E-state index >= 15 is 0 Å². The van der Waals surface area contributed by atoms with Gasteiger partial charge < -0.3 is 14.4 Å². The number of hydrogen-bond donors (Lipinski definition) is 0. The average molecular weight is 380 g/mol. The lowest BCUT2D eigenvalue weighted by molar-refractivity contribution is -0.137. The van der Waals surface area contributed by atoms with Crippen molar-refractivity contribution < 1.29 is 27.4 Å². The lowest BCUT2D eigenvalue weighted by Gasteiger charge is -2.17. The Morgan fingerprint density at radius 2 is 2.00 bits per heavy atom. The monoisotopic (exact) mass is 380 g/mol. The minimum atomic E-state index is -4.45. The van der Waals surface area contributed by atoms with Crippen LogP contribution in [0.5, 0.6) is 11.6 Å². The summed E-state index contributed by atoms with van der Waals surface area (Å²) in [6, 6.07) is 9.00. The van der Waals surface area contributed by atoms with Gasteiger partial charge in [-0.15, -0.1) is 0 Å². The SMILES string of the molecule is COc1ccc(CC(=O)N2CCC(Oc3cc(C(F)(F)F)ccn3)C2)cc1. The molecule has 144 valence electrons. The summed E-state index contributed by atoms with van der Waals surface area (Å²) >= 11 is 0. The zero-order chi connectivity index (χ0) is 19.4. The van der Waals surface area contributed by atoms with Crippen LogP contribution in [0.3, 0.4) is 0 Å². The topological polar surface area (TPSA) is 51.7 Å². The molecule has 2 heterocycles. The fraction of sp³-hybridized carbons (Fsp3) is 0.368. The van der Waals surface area contributed by atoms with E-state index in [1.54, 1.807) is 24.1 Å². The number of amides is 1. The smallest absolute Gasteiger partial charge is 0.416 e. The van der Waals surface area contributed by atoms with Crippen molar-refractivity contribution in [1.29, 1.82) is 0 Å². The molecule has 0 spiro atoms. The Balaban J connectivity index is 1.55. The van der Waals surface area contributed by atoms with E-state index in [0.717, 1.165) is 29.6 Å². The van der Waals surface area contributed by atoms with Gasteiger partial charge in [0.05, 0.1) is 25.6 Å². The fourth-order valence-corrected chi connectivity index (χ4v) is 2.90. The molecular formula is C19H19F3N2O3. The Bertz CT molecular complexity index is 794. The quantitative estimate of drug-likeness (QED) is 0.799. The first kappa shape index (κ1) is 19.0. The predicted octanol–water partition coefficient (Wildman–Crippen LogP) is 3.33. The van der Waals surface area contributed by atoms with Crippen LogP contribution in [0.4, 0.5) is 13.2 Å². The van der Waals surface area contributed by atoms with Crippen LogP contribution >= 0.6 is 0 Å². The van der Waals surface area contributed by atoms with Crippen molar-refractivity contribution in [2.45, 2.75) is 25.1 Å². The normalized spacial score (nSPS) is 17.0. The third-order valence-corrected chi connectivity index (χ3v) is 4.36. The maximum absolute atomic E-state index is 12.8. The first-order valence-corrected chi connectivity index (χ1v) is 8.46. The third kappa shape index (κ3) is 4.90. The average Bonchev–Trinajstić information content (AvgIpc) is 3.10. The van der Waals surface area contributed by atoms with Gasteiger partial charge in [0.2, 0.25) is 11.8 Å². The molecular weight excluding hydrogens is 361 g/mol. The summed E-state index contributed by atoms with van der Waals surface area (Å²) in [4.78, 5) is 17.9. The number of benzene rings is 1. The number of ether oxygens (including phenoxy) is 2. The van der Waals surface area contributed by atoms with Crippen molar-refractivity contribution >= 4 is 5.91 Å². The number of carbonyl (C=O) groups is 1. The first-order valence-electron chi connectivity index (χ1n) is 8.46. The highest BCUT2D eigenvalue weighted by molar-refractivity contribution is 5.79. The molecule has 0 bridgehead atoms. The summed E-state index contributed by atoms with van der Waals surface area (Å²) in [6.45, 7) is 0.825. The molecule has 3 rings (SSSR count). The lowest BCUT2D eigenvalue weighted by Crippen LogP contribution is -2.32. The highest BCUT2D eigenvalue weighted by Gasteiger charge is 2.32. The van der Waals surface area contributed by atoms with Gasteiger partial charge in [-0.1, -0.05) is 12.1 Å². The van der Waals surface area contributed by atoms with Crippen LogP contribution in [-0.4, -0.2) is 42.1 Å². The molecule has 0 N–H and O–H groups in total. The van der Waals surface area contributed by atoms with Gasteiger partial charge in [0.15, 0.2) is 0 Å². The summed E-state index contributed by atoms with van der Waals surface area (Å²) in [5.41, 5.74) is 0.0580. The number of hydrogen-bond acceptors (Lipinski definition) is 4. The summed E-state index contributed by atoms with van der Waals surface area (Å²) in [7, 11) is 1.57. The Morgan fingerprint density at radius 3 is 2.67 bits per heavy atom. The minimum Gasteiger partial charge on any atom is -0.497 e. The molecule has 27 heavy (non-hydrogen) atoms. The number of rotatable bonds is 5. The van der Waals surface area contributed by atoms with E-state index in [2.05, 4.69) is 4.98 Å². The van der Waals surface area contributed by atoms with Crippen LogP contribution in [0.1, 0.15) is 17.5 Å². The number of pyridine rings is 1. The number of likely N-dealkylation sites (tertiary alicyclic amines) is 1. The van der Waals surface area contributed by atoms with Crippen molar-refractivity contribution in [2.24, 2.45) is 0 Å². The summed E-state index contributed by atoms with van der Waals surface area (Å²) in [5, 5.41) is 0. The number of alkyl halides is 3. The van der Waals surface area contributed by atoms with E-state index in [9.17, 15) is 18.0 Å². The first-order chi connectivity index (χ1) is 12.8. The molecule has 1 unspecified atom stereocenters. The molecule has 1 amide bonds. The number of halogens is 3. The molecule has 1 aromatic carbocycles. The molecule has 0 radical (unpaired) electrons. The second-order valence-electron chi connectivity index (χ2n) is 6.27. The molecule has 1 aromatic heterocycles. The molecule has 1 aliphatic rings. The van der Waals surface area contributed by atoms with E-state index in [1.165, 1.54) is 0 Å². The fourth-order valence-electron chi connectivity index (χ4n) is 2.90. The Labute approximate surface area is 154 Å². The molecule has 0 aliphatic carbocycles. The molecule has 1 aliphatic heterocycles. The zero-order valence-electron chi connectivity index (χ0n) is 14.7. The Hall–Kier alpha value is -2.77. The molecule has 2 aromatic rings. The standard InChI is InChI=1S/C19H19F3N2O3/c1-26-15-4-2-13(3-5-15)10-18(25)24-9-7-16(12-24)27-17-11-14(6-8-23-17)19(20,21)22/h2-6,8,11,16H,7,9-10,12H2,1H3. The second-order valence-corrected chi connectivity index (χ2v) is 6.27. The number of nitrogens with zero attached hydrogens (tertiary/aromatic N) is 2. The summed E-state index contributed by atoms with van der Waals surface area (Å²) < 4.78 is 48.9. The molecule has 1 fully saturated rings.